The number of halogens is 2. The number of rotatable bonds is 6. The number of nitrogens with one attached hydrogen (secondary N) is 1. The fraction of sp³-hybridized carbons (Fsp3) is 0.143. The lowest BCUT2D eigenvalue weighted by molar-refractivity contribution is -0.141. The number of fused-ring (bicyclic) bond motifs is 1. The lowest BCUT2D eigenvalue weighted by Gasteiger charge is -2.22. The minimum absolute atomic E-state index is 0.223. The van der Waals surface area contributed by atoms with Gasteiger partial charge in [0.1, 0.15) is 0 Å². The molecule has 0 radical (unpaired) electrons. The molecule has 2 N–H and O–H groups in total. The van der Waals surface area contributed by atoms with Crippen LogP contribution >= 0.6 is 27.5 Å². The van der Waals surface area contributed by atoms with E-state index in [0.29, 0.717) is 32.9 Å². The Morgan fingerprint density at radius 1 is 1.03 bits per heavy atom. The van der Waals surface area contributed by atoms with Gasteiger partial charge in [-0.2, -0.15) is 5.10 Å². The Morgan fingerprint density at radius 3 is 2.49 bits per heavy atom. The second-order valence-electron chi connectivity index (χ2n) is 8.68. The summed E-state index contributed by atoms with van der Waals surface area (Å²) in [6, 6.07) is 21.7. The summed E-state index contributed by atoms with van der Waals surface area (Å²) in [6.45, 7) is 0. The first-order valence-electron chi connectivity index (χ1n) is 11.6. The monoisotopic (exact) mass is 577 g/mol. The number of amides is 1. The van der Waals surface area contributed by atoms with Gasteiger partial charge in [0.25, 0.3) is 5.56 Å². The van der Waals surface area contributed by atoms with E-state index < -0.39 is 17.9 Å². The first kappa shape index (κ1) is 24.9. The van der Waals surface area contributed by atoms with Crippen molar-refractivity contribution in [2.45, 2.75) is 25.3 Å². The van der Waals surface area contributed by atoms with Crippen molar-refractivity contribution in [2.24, 2.45) is 5.10 Å². The predicted molar refractivity (Wildman–Crippen MR) is 147 cm³/mol. The standard InChI is InChI=1S/C28H21BrClN3O4/c29-17-10-11-21-19(14-17)26(16-6-2-1-3-7-16)27(28(37)31-21)22-15-23(18-8-4-5-9-20(18)30)33(32-22)24(34)12-13-25(35)36/h1-11,14,23H,12-13,15H2,(H,31,37)(H,35,36). The number of carboxylic acid groups (broad SMARTS) is 1. The largest absolute Gasteiger partial charge is 0.481 e. The smallest absolute Gasteiger partial charge is 0.303 e. The van der Waals surface area contributed by atoms with Gasteiger partial charge in [-0.15, -0.1) is 0 Å². The highest BCUT2D eigenvalue weighted by molar-refractivity contribution is 9.10. The van der Waals surface area contributed by atoms with Gasteiger partial charge in [-0.25, -0.2) is 5.01 Å². The Hall–Kier alpha value is -3.75. The second kappa shape index (κ2) is 10.3. The third-order valence-corrected chi connectivity index (χ3v) is 7.15. The number of pyridine rings is 1. The van der Waals surface area contributed by atoms with Crippen molar-refractivity contribution in [3.63, 3.8) is 0 Å². The second-order valence-corrected chi connectivity index (χ2v) is 10.0. The zero-order chi connectivity index (χ0) is 26.1. The van der Waals surface area contributed by atoms with Gasteiger partial charge in [-0.05, 0) is 35.4 Å². The van der Waals surface area contributed by atoms with E-state index in [2.05, 4.69) is 26.0 Å². The summed E-state index contributed by atoms with van der Waals surface area (Å²) in [5.74, 6) is -1.53. The van der Waals surface area contributed by atoms with Crippen LogP contribution in [0.5, 0.6) is 0 Å². The zero-order valence-electron chi connectivity index (χ0n) is 19.4. The molecule has 1 unspecified atom stereocenters. The molecular weight excluding hydrogens is 558 g/mol. The number of hydrogen-bond acceptors (Lipinski definition) is 4. The number of hydrazone groups is 1. The summed E-state index contributed by atoms with van der Waals surface area (Å²) in [5.41, 5.74) is 3.35. The first-order valence-corrected chi connectivity index (χ1v) is 12.8. The van der Waals surface area contributed by atoms with E-state index in [9.17, 15) is 14.4 Å². The molecule has 1 atom stereocenters. The van der Waals surface area contributed by atoms with Crippen molar-refractivity contribution in [3.05, 3.63) is 104 Å². The SMILES string of the molecule is O=C(O)CCC(=O)N1N=C(c2c(-c3ccccc3)c3cc(Br)ccc3[nH]c2=O)CC1c1ccccc1Cl. The molecule has 1 amide bonds. The quantitative estimate of drug-likeness (QED) is 0.286. The van der Waals surface area contributed by atoms with Gasteiger partial charge in [0, 0.05) is 38.8 Å². The van der Waals surface area contributed by atoms with Crippen LogP contribution in [0.15, 0.2) is 87.2 Å². The van der Waals surface area contributed by atoms with Crippen molar-refractivity contribution in [1.29, 1.82) is 0 Å². The van der Waals surface area contributed by atoms with Gasteiger partial charge in [-0.3, -0.25) is 14.4 Å². The number of aliphatic carboxylic acids is 1. The van der Waals surface area contributed by atoms with E-state index in [0.717, 1.165) is 15.4 Å². The minimum Gasteiger partial charge on any atom is -0.481 e. The van der Waals surface area contributed by atoms with Crippen LogP contribution in [-0.2, 0) is 9.59 Å². The van der Waals surface area contributed by atoms with Gasteiger partial charge in [0.05, 0.1) is 23.7 Å². The van der Waals surface area contributed by atoms with E-state index in [-0.39, 0.29) is 24.8 Å². The third-order valence-electron chi connectivity index (χ3n) is 6.31. The maximum absolute atomic E-state index is 13.5. The summed E-state index contributed by atoms with van der Waals surface area (Å²) in [4.78, 5) is 40.8. The minimum atomic E-state index is -1.08. The fourth-order valence-electron chi connectivity index (χ4n) is 4.65. The summed E-state index contributed by atoms with van der Waals surface area (Å²) >= 11 is 10.0. The molecule has 1 aliphatic heterocycles. The number of carboxylic acids is 1. The van der Waals surface area contributed by atoms with E-state index in [1.54, 1.807) is 12.1 Å². The van der Waals surface area contributed by atoms with Crippen LogP contribution in [0.1, 0.15) is 36.4 Å². The predicted octanol–water partition coefficient (Wildman–Crippen LogP) is 6.15. The van der Waals surface area contributed by atoms with E-state index in [4.69, 9.17) is 16.7 Å². The molecule has 4 aromatic rings. The molecule has 1 aliphatic rings. The summed E-state index contributed by atoms with van der Waals surface area (Å²) in [6.07, 6.45) is -0.306. The van der Waals surface area contributed by atoms with Gasteiger partial charge in [0.2, 0.25) is 5.91 Å². The number of aromatic nitrogens is 1. The third kappa shape index (κ3) is 4.95. The lowest BCUT2D eigenvalue weighted by atomic mass is 9.91. The van der Waals surface area contributed by atoms with E-state index in [1.807, 2.05) is 60.7 Å². The molecule has 0 fully saturated rings. The number of carbonyl (C=O) groups excluding carboxylic acids is 1. The van der Waals surface area contributed by atoms with Crippen molar-refractivity contribution in [1.82, 2.24) is 9.99 Å². The van der Waals surface area contributed by atoms with Crippen molar-refractivity contribution in [2.75, 3.05) is 0 Å². The molecule has 37 heavy (non-hydrogen) atoms. The molecule has 0 spiro atoms. The van der Waals surface area contributed by atoms with Crippen LogP contribution in [0.4, 0.5) is 0 Å². The van der Waals surface area contributed by atoms with Crippen molar-refractivity contribution in [3.8, 4) is 11.1 Å². The molecule has 5 rings (SSSR count). The van der Waals surface area contributed by atoms with Crippen LogP contribution < -0.4 is 5.56 Å². The van der Waals surface area contributed by atoms with Gasteiger partial charge in [-0.1, -0.05) is 76.1 Å². The van der Waals surface area contributed by atoms with E-state index in [1.165, 1.54) is 5.01 Å². The Kier molecular flexibility index (Phi) is 6.95. The maximum atomic E-state index is 13.5. The van der Waals surface area contributed by atoms with E-state index >= 15 is 0 Å². The molecule has 0 saturated heterocycles. The number of aromatic amines is 1. The highest BCUT2D eigenvalue weighted by atomic mass is 79.9. The van der Waals surface area contributed by atoms with Crippen LogP contribution in [0.3, 0.4) is 0 Å². The zero-order valence-corrected chi connectivity index (χ0v) is 21.8. The molecule has 3 aromatic carbocycles. The van der Waals surface area contributed by atoms with Crippen LogP contribution in [-0.4, -0.2) is 32.7 Å². The Labute approximate surface area is 225 Å². The van der Waals surface area contributed by atoms with Crippen molar-refractivity contribution < 1.29 is 14.7 Å². The summed E-state index contributed by atoms with van der Waals surface area (Å²) < 4.78 is 0.850. The lowest BCUT2D eigenvalue weighted by Crippen LogP contribution is -2.27. The normalized spacial score (nSPS) is 15.1. The fourth-order valence-corrected chi connectivity index (χ4v) is 5.28. The highest BCUT2D eigenvalue weighted by Gasteiger charge is 2.36. The van der Waals surface area contributed by atoms with Crippen molar-refractivity contribution >= 4 is 56.0 Å². The van der Waals surface area contributed by atoms with Gasteiger partial charge in [0.15, 0.2) is 0 Å². The molecule has 1 aromatic heterocycles. The van der Waals surface area contributed by atoms with Crippen LogP contribution in [0.25, 0.3) is 22.0 Å². The molecule has 0 saturated carbocycles. The molecule has 9 heteroatoms. The Morgan fingerprint density at radius 2 is 1.76 bits per heavy atom. The average molecular weight is 579 g/mol. The molecular formula is C28H21BrClN3O4. The average Bonchev–Trinajstić information content (AvgIpc) is 3.32. The number of hydrogen-bond donors (Lipinski definition) is 2. The molecule has 7 nitrogen and oxygen atoms in total. The molecule has 2 heterocycles. The molecule has 186 valence electrons. The first-order chi connectivity index (χ1) is 17.8. The van der Waals surface area contributed by atoms with Gasteiger partial charge < -0.3 is 10.1 Å². The van der Waals surface area contributed by atoms with Crippen LogP contribution in [0, 0.1) is 0 Å². The number of nitrogens with zero attached hydrogens (tertiary/aromatic N) is 2. The summed E-state index contributed by atoms with van der Waals surface area (Å²) in [5, 5.41) is 16.3. The number of carbonyl (C=O) groups is 2. The molecule has 0 aliphatic carbocycles. The Bertz CT molecular complexity index is 1620. The number of benzene rings is 3. The number of H-pyrrole nitrogens is 1. The van der Waals surface area contributed by atoms with Gasteiger partial charge >= 0.3 is 5.97 Å². The van der Waals surface area contributed by atoms with Crippen LogP contribution in [0.2, 0.25) is 5.02 Å². The highest BCUT2D eigenvalue weighted by Crippen LogP contribution is 2.39. The summed E-state index contributed by atoms with van der Waals surface area (Å²) in [7, 11) is 0. The Balaban J connectivity index is 1.71. The topological polar surface area (TPSA) is 103 Å². The maximum Gasteiger partial charge on any atom is 0.303 e. The molecule has 0 bridgehead atoms.